The Bertz CT molecular complexity index is 1120. The molecule has 8 nitrogen and oxygen atoms in total. The molecule has 1 fully saturated rings. The fraction of sp³-hybridized carbons (Fsp3) is 0.407. The van der Waals surface area contributed by atoms with Crippen molar-refractivity contribution in [1.29, 1.82) is 0 Å². The molecule has 1 saturated heterocycles. The van der Waals surface area contributed by atoms with E-state index in [1.165, 1.54) is 12.0 Å². The molecule has 0 radical (unpaired) electrons. The van der Waals surface area contributed by atoms with Crippen LogP contribution in [0.15, 0.2) is 42.0 Å². The number of Topliss-reactive ketones (excluding diaryl/α,β-unsaturated/α-hetero) is 1. The van der Waals surface area contributed by atoms with Gasteiger partial charge in [-0.25, -0.2) is 0 Å². The third kappa shape index (κ3) is 5.43. The maximum absolute atomic E-state index is 13.2. The van der Waals surface area contributed by atoms with E-state index in [9.17, 15) is 14.7 Å². The summed E-state index contributed by atoms with van der Waals surface area (Å²) >= 11 is 0. The number of ketones is 1. The van der Waals surface area contributed by atoms with Gasteiger partial charge in [0.2, 0.25) is 0 Å². The summed E-state index contributed by atoms with van der Waals surface area (Å²) in [5.41, 5.74) is 1.95. The molecule has 0 saturated carbocycles. The van der Waals surface area contributed by atoms with Gasteiger partial charge >= 0.3 is 0 Å². The average Bonchev–Trinajstić information content (AvgIpc) is 3.08. The summed E-state index contributed by atoms with van der Waals surface area (Å²) in [5.74, 6) is 0.158. The van der Waals surface area contributed by atoms with Crippen LogP contribution in [0.5, 0.6) is 17.2 Å². The number of benzene rings is 2. The lowest BCUT2D eigenvalue weighted by Crippen LogP contribution is -2.32. The number of amides is 1. The van der Waals surface area contributed by atoms with E-state index in [0.717, 1.165) is 12.1 Å². The molecule has 1 aliphatic rings. The lowest BCUT2D eigenvalue weighted by molar-refractivity contribution is -0.139. The summed E-state index contributed by atoms with van der Waals surface area (Å²) in [7, 11) is 7.01. The second-order valence-electron chi connectivity index (χ2n) is 8.68. The zero-order valence-electron chi connectivity index (χ0n) is 21.3. The van der Waals surface area contributed by atoms with Gasteiger partial charge in [0.25, 0.3) is 11.7 Å². The van der Waals surface area contributed by atoms with Gasteiger partial charge in [0, 0.05) is 12.1 Å². The van der Waals surface area contributed by atoms with Crippen LogP contribution < -0.4 is 14.2 Å². The van der Waals surface area contributed by atoms with Crippen LogP contribution >= 0.6 is 0 Å². The molecular formula is C27H34N2O6. The Morgan fingerprint density at radius 2 is 1.71 bits per heavy atom. The predicted molar refractivity (Wildman–Crippen MR) is 134 cm³/mol. The zero-order chi connectivity index (χ0) is 25.7. The average molecular weight is 483 g/mol. The third-order valence-corrected chi connectivity index (χ3v) is 6.02. The van der Waals surface area contributed by atoms with E-state index in [1.807, 2.05) is 32.8 Å². The summed E-state index contributed by atoms with van der Waals surface area (Å²) in [6.07, 6.45) is 0.673. The first kappa shape index (κ1) is 26.1. The summed E-state index contributed by atoms with van der Waals surface area (Å²) in [5, 5.41) is 11.3. The quantitative estimate of drug-likeness (QED) is 0.313. The van der Waals surface area contributed by atoms with Crippen molar-refractivity contribution >= 4 is 17.4 Å². The van der Waals surface area contributed by atoms with Gasteiger partial charge in [-0.15, -0.1) is 0 Å². The second-order valence-corrected chi connectivity index (χ2v) is 8.68. The molecule has 3 rings (SSSR count). The molecule has 0 spiro atoms. The van der Waals surface area contributed by atoms with Crippen molar-refractivity contribution in [3.63, 3.8) is 0 Å². The zero-order valence-corrected chi connectivity index (χ0v) is 21.3. The molecule has 188 valence electrons. The molecule has 1 amide bonds. The number of aryl methyl sites for hydroxylation is 1. The van der Waals surface area contributed by atoms with Crippen LogP contribution in [-0.2, 0) is 9.59 Å². The number of rotatable bonds is 10. The van der Waals surface area contributed by atoms with E-state index in [0.29, 0.717) is 47.9 Å². The summed E-state index contributed by atoms with van der Waals surface area (Å²) < 4.78 is 16.5. The number of nitrogens with zero attached hydrogens (tertiary/aromatic N) is 2. The van der Waals surface area contributed by atoms with E-state index in [-0.39, 0.29) is 11.3 Å². The molecule has 8 heteroatoms. The Kier molecular flexibility index (Phi) is 8.40. The number of methoxy groups -OCH3 is 2. The fourth-order valence-electron chi connectivity index (χ4n) is 4.32. The van der Waals surface area contributed by atoms with Crippen LogP contribution in [0.2, 0.25) is 0 Å². The van der Waals surface area contributed by atoms with E-state index in [4.69, 9.17) is 14.2 Å². The minimum Gasteiger partial charge on any atom is -0.507 e. The van der Waals surface area contributed by atoms with Crippen molar-refractivity contribution in [2.24, 2.45) is 0 Å². The maximum atomic E-state index is 13.2. The molecule has 0 unspecified atom stereocenters. The van der Waals surface area contributed by atoms with Gasteiger partial charge in [-0.1, -0.05) is 6.07 Å². The number of likely N-dealkylation sites (tertiary alicyclic amines) is 1. The number of ether oxygens (including phenoxy) is 3. The summed E-state index contributed by atoms with van der Waals surface area (Å²) in [4.78, 5) is 29.9. The largest absolute Gasteiger partial charge is 0.507 e. The van der Waals surface area contributed by atoms with Crippen molar-refractivity contribution in [3.05, 3.63) is 58.7 Å². The standard InChI is InChI=1S/C27H34N2O6/c1-7-35-21-12-9-18(16-22(21)34-6)24-23(25(30)19-10-11-20(33-5)17(2)15-19)26(31)27(32)29(24)14-8-13-28(3)4/h9-12,15-16,24,30H,7-8,13-14H2,1-6H3/t24-/m0/s1. The van der Waals surface area contributed by atoms with Gasteiger partial charge in [-0.3, -0.25) is 9.59 Å². The molecule has 1 heterocycles. The lowest BCUT2D eigenvalue weighted by Gasteiger charge is -2.26. The fourth-order valence-corrected chi connectivity index (χ4v) is 4.32. The summed E-state index contributed by atoms with van der Waals surface area (Å²) in [6, 6.07) is 9.70. The number of carbonyl (C=O) groups is 2. The minimum atomic E-state index is -0.760. The minimum absolute atomic E-state index is 0.0515. The van der Waals surface area contributed by atoms with Crippen molar-refractivity contribution in [2.75, 3.05) is 48.0 Å². The Morgan fingerprint density at radius 3 is 2.31 bits per heavy atom. The van der Waals surface area contributed by atoms with E-state index >= 15 is 0 Å². The van der Waals surface area contributed by atoms with Crippen LogP contribution in [0.25, 0.3) is 5.76 Å². The van der Waals surface area contributed by atoms with Crippen LogP contribution in [0, 0.1) is 6.92 Å². The van der Waals surface area contributed by atoms with Crippen molar-refractivity contribution in [3.8, 4) is 17.2 Å². The molecule has 0 aromatic heterocycles. The van der Waals surface area contributed by atoms with Crippen LogP contribution in [0.4, 0.5) is 0 Å². The van der Waals surface area contributed by atoms with Crippen LogP contribution in [0.1, 0.15) is 36.1 Å². The van der Waals surface area contributed by atoms with Crippen LogP contribution in [-0.4, -0.2) is 74.6 Å². The summed E-state index contributed by atoms with van der Waals surface area (Å²) in [6.45, 7) is 5.31. The molecule has 2 aromatic rings. The maximum Gasteiger partial charge on any atom is 0.295 e. The molecule has 0 aliphatic carbocycles. The van der Waals surface area contributed by atoms with Gasteiger partial charge in [-0.2, -0.15) is 0 Å². The first-order chi connectivity index (χ1) is 16.7. The van der Waals surface area contributed by atoms with Crippen molar-refractivity contribution in [2.45, 2.75) is 26.3 Å². The SMILES string of the molecule is CCOc1ccc([C@H]2C(=C(O)c3ccc(OC)c(C)c3)C(=O)C(=O)N2CCCN(C)C)cc1OC. The highest BCUT2D eigenvalue weighted by Gasteiger charge is 2.46. The molecule has 35 heavy (non-hydrogen) atoms. The monoisotopic (exact) mass is 482 g/mol. The molecule has 1 N–H and O–H groups in total. The van der Waals surface area contributed by atoms with Crippen molar-refractivity contribution < 1.29 is 28.9 Å². The van der Waals surface area contributed by atoms with Crippen LogP contribution in [0.3, 0.4) is 0 Å². The third-order valence-electron chi connectivity index (χ3n) is 6.02. The second kappa shape index (κ2) is 11.3. The Balaban J connectivity index is 2.15. The predicted octanol–water partition coefficient (Wildman–Crippen LogP) is 3.78. The number of aliphatic hydroxyl groups is 1. The molecule has 2 aromatic carbocycles. The molecule has 0 bridgehead atoms. The lowest BCUT2D eigenvalue weighted by atomic mass is 9.94. The number of carbonyl (C=O) groups excluding carboxylic acids is 2. The topological polar surface area (TPSA) is 88.5 Å². The first-order valence-corrected chi connectivity index (χ1v) is 11.6. The normalized spacial score (nSPS) is 17.2. The first-order valence-electron chi connectivity index (χ1n) is 11.6. The van der Waals surface area contributed by atoms with Gasteiger partial charge in [0.05, 0.1) is 32.4 Å². The molecular weight excluding hydrogens is 448 g/mol. The Morgan fingerprint density at radius 1 is 1.03 bits per heavy atom. The molecule has 1 aliphatic heterocycles. The smallest absolute Gasteiger partial charge is 0.295 e. The Hall–Kier alpha value is -3.52. The van der Waals surface area contributed by atoms with Gasteiger partial charge in [0.1, 0.15) is 11.5 Å². The van der Waals surface area contributed by atoms with Gasteiger partial charge in [0.15, 0.2) is 11.5 Å². The Labute approximate surface area is 206 Å². The van der Waals surface area contributed by atoms with Gasteiger partial charge < -0.3 is 29.1 Å². The van der Waals surface area contributed by atoms with E-state index in [1.54, 1.807) is 43.5 Å². The number of hydrogen-bond donors (Lipinski definition) is 1. The van der Waals surface area contributed by atoms with E-state index < -0.39 is 17.7 Å². The van der Waals surface area contributed by atoms with E-state index in [2.05, 4.69) is 0 Å². The van der Waals surface area contributed by atoms with Crippen molar-refractivity contribution in [1.82, 2.24) is 9.80 Å². The highest BCUT2D eigenvalue weighted by Crippen LogP contribution is 2.42. The molecule has 1 atom stereocenters. The highest BCUT2D eigenvalue weighted by molar-refractivity contribution is 6.46. The number of aliphatic hydroxyl groups excluding tert-OH is 1. The van der Waals surface area contributed by atoms with Gasteiger partial charge in [-0.05, 0) is 82.4 Å². The number of hydrogen-bond acceptors (Lipinski definition) is 7. The highest BCUT2D eigenvalue weighted by atomic mass is 16.5.